The van der Waals surface area contributed by atoms with Crippen LogP contribution in [0.25, 0.3) is 0 Å². The van der Waals surface area contributed by atoms with Gasteiger partial charge < -0.3 is 15.2 Å². The van der Waals surface area contributed by atoms with Gasteiger partial charge in [-0.25, -0.2) is 0 Å². The van der Waals surface area contributed by atoms with Crippen LogP contribution in [-0.4, -0.2) is 60.6 Å². The van der Waals surface area contributed by atoms with E-state index in [4.69, 9.17) is 0 Å². The molecule has 17 heavy (non-hydrogen) atoms. The molecule has 1 aliphatic heterocycles. The molecule has 1 saturated heterocycles. The fourth-order valence-electron chi connectivity index (χ4n) is 2.52. The minimum absolute atomic E-state index is 0.640. The summed E-state index contributed by atoms with van der Waals surface area (Å²) in [4.78, 5) is 8.08. The average molecular weight is 236 g/mol. The van der Waals surface area contributed by atoms with Crippen molar-refractivity contribution < 1.29 is 0 Å². The summed E-state index contributed by atoms with van der Waals surface area (Å²) >= 11 is 0. The van der Waals surface area contributed by atoms with Crippen LogP contribution in [0.4, 0.5) is 0 Å². The van der Waals surface area contributed by atoms with E-state index in [-0.39, 0.29) is 0 Å². The second-order valence-electron chi connectivity index (χ2n) is 5.05. The Kier molecular flexibility index (Phi) is 4.59. The molecule has 0 spiro atoms. The van der Waals surface area contributed by atoms with Crippen LogP contribution in [0.5, 0.6) is 0 Å². The number of hydrogen-bond donors (Lipinski definition) is 2. The summed E-state index contributed by atoms with van der Waals surface area (Å²) in [6, 6.07) is 2.78. The first kappa shape index (κ1) is 12.6. The molecule has 1 aliphatic rings. The van der Waals surface area contributed by atoms with Gasteiger partial charge in [-0.05, 0) is 25.6 Å². The number of piperazine rings is 1. The predicted octanol–water partition coefficient (Wildman–Crippen LogP) is 0.740. The van der Waals surface area contributed by atoms with E-state index in [1.807, 2.05) is 6.20 Å². The van der Waals surface area contributed by atoms with Gasteiger partial charge in [-0.2, -0.15) is 0 Å². The van der Waals surface area contributed by atoms with Gasteiger partial charge in [-0.3, -0.25) is 4.90 Å². The molecule has 0 aromatic carbocycles. The highest BCUT2D eigenvalue weighted by Gasteiger charge is 2.17. The third kappa shape index (κ3) is 3.84. The summed E-state index contributed by atoms with van der Waals surface area (Å²) in [5, 5.41) is 3.40. The van der Waals surface area contributed by atoms with Gasteiger partial charge in [0.25, 0.3) is 0 Å². The topological polar surface area (TPSA) is 34.3 Å². The lowest BCUT2D eigenvalue weighted by Gasteiger charge is -2.34. The lowest BCUT2D eigenvalue weighted by Crippen LogP contribution is -2.50. The van der Waals surface area contributed by atoms with E-state index in [9.17, 15) is 0 Å². The minimum Gasteiger partial charge on any atom is -0.367 e. The Morgan fingerprint density at radius 3 is 2.82 bits per heavy atom. The number of hydrogen-bond acceptors (Lipinski definition) is 3. The normalized spacial score (nSPS) is 19.7. The van der Waals surface area contributed by atoms with E-state index >= 15 is 0 Å². The highest BCUT2D eigenvalue weighted by atomic mass is 15.2. The van der Waals surface area contributed by atoms with Gasteiger partial charge in [-0.15, -0.1) is 0 Å². The van der Waals surface area contributed by atoms with Crippen LogP contribution in [0.1, 0.15) is 12.5 Å². The largest absolute Gasteiger partial charge is 0.367 e. The Hall–Kier alpha value is -0.840. The maximum atomic E-state index is 3.40. The molecule has 0 amide bonds. The zero-order valence-electron chi connectivity index (χ0n) is 10.9. The molecule has 1 aromatic heterocycles. The Labute approximate surface area is 104 Å². The highest BCUT2D eigenvalue weighted by molar-refractivity contribution is 5.07. The summed E-state index contributed by atoms with van der Waals surface area (Å²) in [7, 11) is 2.20. The van der Waals surface area contributed by atoms with E-state index in [0.717, 1.165) is 26.2 Å². The first-order valence-electron chi connectivity index (χ1n) is 6.50. The van der Waals surface area contributed by atoms with Crippen molar-refractivity contribution in [2.45, 2.75) is 19.5 Å². The Bertz CT molecular complexity index is 303. The molecular formula is C13H24N4. The summed E-state index contributed by atoms with van der Waals surface area (Å²) in [5.74, 6) is 0. The molecule has 1 atom stereocenters. The molecule has 4 nitrogen and oxygen atoms in total. The van der Waals surface area contributed by atoms with E-state index in [2.05, 4.69) is 46.3 Å². The maximum Gasteiger partial charge on any atom is 0.0246 e. The second kappa shape index (κ2) is 6.19. The van der Waals surface area contributed by atoms with E-state index in [1.165, 1.54) is 18.7 Å². The summed E-state index contributed by atoms with van der Waals surface area (Å²) in [6.45, 7) is 9.11. The molecule has 0 aliphatic carbocycles. The standard InChI is InChI=1S/C13H24N4/c1-12(17-7-5-14-6-8-17)10-16(2)11-13-3-4-15-9-13/h3-4,9,12,14-15H,5-8,10-11H2,1-2H3. The van der Waals surface area contributed by atoms with Crippen LogP contribution < -0.4 is 5.32 Å². The monoisotopic (exact) mass is 236 g/mol. The predicted molar refractivity (Wildman–Crippen MR) is 71.0 cm³/mol. The zero-order valence-corrected chi connectivity index (χ0v) is 10.9. The van der Waals surface area contributed by atoms with Crippen LogP contribution in [-0.2, 0) is 6.54 Å². The molecule has 4 heteroatoms. The molecule has 2 rings (SSSR count). The van der Waals surface area contributed by atoms with Gasteiger partial charge in [-0.1, -0.05) is 0 Å². The number of aromatic nitrogens is 1. The van der Waals surface area contributed by atoms with Gasteiger partial charge in [0, 0.05) is 57.7 Å². The Balaban J connectivity index is 1.75. The molecule has 0 bridgehead atoms. The number of rotatable bonds is 5. The molecular weight excluding hydrogens is 212 g/mol. The Morgan fingerprint density at radius 1 is 1.41 bits per heavy atom. The van der Waals surface area contributed by atoms with Crippen LogP contribution >= 0.6 is 0 Å². The van der Waals surface area contributed by atoms with Crippen LogP contribution in [0.3, 0.4) is 0 Å². The van der Waals surface area contributed by atoms with Crippen molar-refractivity contribution in [3.63, 3.8) is 0 Å². The van der Waals surface area contributed by atoms with Crippen molar-refractivity contribution in [3.05, 3.63) is 24.0 Å². The first-order chi connectivity index (χ1) is 8.25. The number of H-pyrrole nitrogens is 1. The van der Waals surface area contributed by atoms with Gasteiger partial charge in [0.05, 0.1) is 0 Å². The molecule has 2 N–H and O–H groups in total. The first-order valence-corrected chi connectivity index (χ1v) is 6.50. The zero-order chi connectivity index (χ0) is 12.1. The molecule has 0 saturated carbocycles. The number of likely N-dealkylation sites (N-methyl/N-ethyl adjacent to an activating group) is 1. The highest BCUT2D eigenvalue weighted by Crippen LogP contribution is 2.06. The molecule has 1 unspecified atom stereocenters. The van der Waals surface area contributed by atoms with Crippen LogP contribution in [0.15, 0.2) is 18.5 Å². The molecule has 96 valence electrons. The molecule has 1 fully saturated rings. The van der Waals surface area contributed by atoms with Gasteiger partial charge in [0.15, 0.2) is 0 Å². The third-order valence-corrected chi connectivity index (χ3v) is 3.47. The molecule has 2 heterocycles. The Morgan fingerprint density at radius 2 is 2.18 bits per heavy atom. The summed E-state index contributed by atoms with van der Waals surface area (Å²) < 4.78 is 0. The number of nitrogens with zero attached hydrogens (tertiary/aromatic N) is 2. The number of nitrogens with one attached hydrogen (secondary N) is 2. The van der Waals surface area contributed by atoms with Crippen molar-refractivity contribution >= 4 is 0 Å². The fraction of sp³-hybridized carbons (Fsp3) is 0.692. The van der Waals surface area contributed by atoms with Crippen molar-refractivity contribution in [2.75, 3.05) is 39.8 Å². The van der Waals surface area contributed by atoms with Crippen LogP contribution in [0.2, 0.25) is 0 Å². The number of aromatic amines is 1. The smallest absolute Gasteiger partial charge is 0.0246 e. The van der Waals surface area contributed by atoms with E-state index in [0.29, 0.717) is 6.04 Å². The lowest BCUT2D eigenvalue weighted by atomic mass is 10.2. The third-order valence-electron chi connectivity index (χ3n) is 3.47. The van der Waals surface area contributed by atoms with Gasteiger partial charge in [0.1, 0.15) is 0 Å². The maximum absolute atomic E-state index is 3.40. The van der Waals surface area contributed by atoms with Crippen molar-refractivity contribution in [2.24, 2.45) is 0 Å². The second-order valence-corrected chi connectivity index (χ2v) is 5.05. The van der Waals surface area contributed by atoms with Gasteiger partial charge in [0.2, 0.25) is 0 Å². The van der Waals surface area contributed by atoms with E-state index in [1.54, 1.807) is 0 Å². The lowest BCUT2D eigenvalue weighted by molar-refractivity contribution is 0.144. The quantitative estimate of drug-likeness (QED) is 0.791. The minimum atomic E-state index is 0.640. The van der Waals surface area contributed by atoms with Crippen molar-refractivity contribution in [3.8, 4) is 0 Å². The van der Waals surface area contributed by atoms with Crippen molar-refractivity contribution in [1.82, 2.24) is 20.1 Å². The van der Waals surface area contributed by atoms with E-state index < -0.39 is 0 Å². The summed E-state index contributed by atoms with van der Waals surface area (Å²) in [6.07, 6.45) is 4.06. The summed E-state index contributed by atoms with van der Waals surface area (Å²) in [5.41, 5.74) is 1.36. The van der Waals surface area contributed by atoms with Gasteiger partial charge >= 0.3 is 0 Å². The van der Waals surface area contributed by atoms with Crippen molar-refractivity contribution in [1.29, 1.82) is 0 Å². The SMILES string of the molecule is CC(CN(C)Cc1cc[nH]c1)N1CCNCC1. The fourth-order valence-corrected chi connectivity index (χ4v) is 2.52. The molecule has 1 aromatic rings. The average Bonchev–Trinajstić information content (AvgIpc) is 2.82. The van der Waals surface area contributed by atoms with Crippen LogP contribution in [0, 0.1) is 0 Å². The molecule has 0 radical (unpaired) electrons.